The fraction of sp³-hybridized carbons (Fsp3) is 0.188. The number of rotatable bonds is 4. The van der Waals surface area contributed by atoms with Crippen molar-refractivity contribution in [3.05, 3.63) is 51.2 Å². The van der Waals surface area contributed by atoms with E-state index in [1.165, 1.54) is 11.0 Å². The largest absolute Gasteiger partial charge is 0.347 e. The van der Waals surface area contributed by atoms with Crippen LogP contribution in [0.5, 0.6) is 0 Å². The van der Waals surface area contributed by atoms with E-state index in [-0.39, 0.29) is 22.5 Å². The maximum Gasteiger partial charge on any atom is 0.266 e. The second-order valence-corrected chi connectivity index (χ2v) is 9.70. The Kier molecular flexibility index (Phi) is 5.52. The fourth-order valence-corrected chi connectivity index (χ4v) is 5.13. The second-order valence-electron chi connectivity index (χ2n) is 5.65. The van der Waals surface area contributed by atoms with Crippen molar-refractivity contribution in [2.24, 2.45) is 0 Å². The lowest BCUT2D eigenvalue weighted by atomic mass is 10.2. The minimum atomic E-state index is -3.26. The van der Waals surface area contributed by atoms with Gasteiger partial charge in [-0.05, 0) is 29.8 Å². The van der Waals surface area contributed by atoms with Crippen molar-refractivity contribution >= 4 is 67.6 Å². The molecule has 0 unspecified atom stereocenters. The average Bonchev–Trinajstić information content (AvgIpc) is 3.01. The number of nitrogens with zero attached hydrogens (tertiary/aromatic N) is 1. The number of hydrogen-bond donors (Lipinski definition) is 1. The Morgan fingerprint density at radius 1 is 1.46 bits per heavy atom. The highest BCUT2D eigenvalue weighted by Gasteiger charge is 2.34. The maximum atomic E-state index is 12.5. The summed E-state index contributed by atoms with van der Waals surface area (Å²) >= 11 is 12.2. The van der Waals surface area contributed by atoms with E-state index in [0.717, 1.165) is 22.7 Å². The Labute approximate surface area is 165 Å². The Hall–Kier alpha value is -1.68. The SMILES string of the molecule is O=C(CN1C(=O)/C(=C/c2cccc(Cl)c2)SC1=S)N[C@H]1C=CS(=O)(=O)C1. The standard InChI is InChI=1S/C16H13ClN2O4S3/c17-11-3-1-2-10(6-11)7-13-15(21)19(16(24)25-13)8-14(20)18-12-4-5-26(22,23)9-12/h1-7,12H,8-9H2,(H,18,20)/b13-7-/t12-/m0/s1. The maximum absolute atomic E-state index is 12.5. The van der Waals surface area contributed by atoms with Crippen LogP contribution in [0.25, 0.3) is 6.08 Å². The molecule has 0 bridgehead atoms. The summed E-state index contributed by atoms with van der Waals surface area (Å²) < 4.78 is 23.0. The van der Waals surface area contributed by atoms with Gasteiger partial charge in [-0.3, -0.25) is 14.5 Å². The van der Waals surface area contributed by atoms with Crippen molar-refractivity contribution < 1.29 is 18.0 Å². The number of thioether (sulfide) groups is 1. The predicted molar refractivity (Wildman–Crippen MR) is 106 cm³/mol. The first-order chi connectivity index (χ1) is 12.2. The Balaban J connectivity index is 1.66. The van der Waals surface area contributed by atoms with E-state index in [0.29, 0.717) is 9.93 Å². The number of nitrogens with one attached hydrogen (secondary N) is 1. The van der Waals surface area contributed by atoms with Gasteiger partial charge in [0, 0.05) is 10.4 Å². The van der Waals surface area contributed by atoms with Crippen molar-refractivity contribution in [3.63, 3.8) is 0 Å². The number of carbonyl (C=O) groups is 2. The molecule has 2 heterocycles. The van der Waals surface area contributed by atoms with E-state index >= 15 is 0 Å². The number of sulfone groups is 1. The van der Waals surface area contributed by atoms with Gasteiger partial charge in [-0.25, -0.2) is 8.42 Å². The van der Waals surface area contributed by atoms with Gasteiger partial charge < -0.3 is 5.32 Å². The molecule has 1 N–H and O–H groups in total. The van der Waals surface area contributed by atoms with Gasteiger partial charge in [0.15, 0.2) is 9.84 Å². The molecule has 2 amide bonds. The van der Waals surface area contributed by atoms with Gasteiger partial charge in [0.05, 0.1) is 16.7 Å². The molecule has 2 aliphatic heterocycles. The van der Waals surface area contributed by atoms with Crippen LogP contribution < -0.4 is 5.32 Å². The van der Waals surface area contributed by atoms with Gasteiger partial charge in [0.2, 0.25) is 5.91 Å². The molecule has 0 aromatic heterocycles. The minimum absolute atomic E-state index is 0.175. The smallest absolute Gasteiger partial charge is 0.266 e. The normalized spacial score (nSPS) is 23.0. The quantitative estimate of drug-likeness (QED) is 0.583. The summed E-state index contributed by atoms with van der Waals surface area (Å²) in [6, 6.07) is 6.43. The third kappa shape index (κ3) is 4.53. The molecular weight excluding hydrogens is 416 g/mol. The lowest BCUT2D eigenvalue weighted by Gasteiger charge is -2.16. The van der Waals surface area contributed by atoms with Crippen LogP contribution in [0.4, 0.5) is 0 Å². The van der Waals surface area contributed by atoms with Crippen LogP contribution in [0, 0.1) is 0 Å². The van der Waals surface area contributed by atoms with Crippen LogP contribution in [0.15, 0.2) is 40.7 Å². The average molecular weight is 429 g/mol. The zero-order chi connectivity index (χ0) is 18.9. The van der Waals surface area contributed by atoms with Crippen LogP contribution in [0.3, 0.4) is 0 Å². The van der Waals surface area contributed by atoms with Gasteiger partial charge in [0.25, 0.3) is 5.91 Å². The number of halogens is 1. The van der Waals surface area contributed by atoms with Crippen LogP contribution >= 0.6 is 35.6 Å². The highest BCUT2D eigenvalue weighted by Crippen LogP contribution is 2.32. The third-order valence-electron chi connectivity index (χ3n) is 3.60. The lowest BCUT2D eigenvalue weighted by molar-refractivity contribution is -0.128. The highest BCUT2D eigenvalue weighted by molar-refractivity contribution is 8.26. The number of thiocarbonyl (C=S) groups is 1. The van der Waals surface area contributed by atoms with E-state index in [9.17, 15) is 18.0 Å². The molecule has 0 saturated carbocycles. The molecular formula is C16H13ClN2O4S3. The van der Waals surface area contributed by atoms with Crippen molar-refractivity contribution in [2.45, 2.75) is 6.04 Å². The summed E-state index contributed by atoms with van der Waals surface area (Å²) in [4.78, 5) is 26.2. The van der Waals surface area contributed by atoms with E-state index in [1.807, 2.05) is 0 Å². The first kappa shape index (κ1) is 19.1. The third-order valence-corrected chi connectivity index (χ3v) is 6.61. The van der Waals surface area contributed by atoms with Crippen LogP contribution in [-0.2, 0) is 19.4 Å². The van der Waals surface area contributed by atoms with Crippen molar-refractivity contribution in [2.75, 3.05) is 12.3 Å². The summed E-state index contributed by atoms with van der Waals surface area (Å²) in [6.45, 7) is -0.262. The zero-order valence-corrected chi connectivity index (χ0v) is 16.4. The van der Waals surface area contributed by atoms with Gasteiger partial charge in [-0.2, -0.15) is 0 Å². The molecule has 1 saturated heterocycles. The second kappa shape index (κ2) is 7.51. The summed E-state index contributed by atoms with van der Waals surface area (Å²) in [7, 11) is -3.26. The molecule has 1 fully saturated rings. The topological polar surface area (TPSA) is 83.6 Å². The molecule has 3 rings (SSSR count). The summed E-state index contributed by atoms with van der Waals surface area (Å²) in [5, 5.41) is 4.19. The Bertz CT molecular complexity index is 956. The van der Waals surface area contributed by atoms with Crippen LogP contribution in [-0.4, -0.2) is 47.8 Å². The van der Waals surface area contributed by atoms with Gasteiger partial charge in [-0.1, -0.05) is 47.7 Å². The van der Waals surface area contributed by atoms with E-state index in [2.05, 4.69) is 5.32 Å². The molecule has 0 aliphatic carbocycles. The van der Waals surface area contributed by atoms with E-state index in [1.54, 1.807) is 30.3 Å². The monoisotopic (exact) mass is 428 g/mol. The lowest BCUT2D eigenvalue weighted by Crippen LogP contribution is -2.43. The van der Waals surface area contributed by atoms with Crippen molar-refractivity contribution in [3.8, 4) is 0 Å². The summed E-state index contributed by atoms with van der Waals surface area (Å²) in [6.07, 6.45) is 3.08. The van der Waals surface area contributed by atoms with Crippen molar-refractivity contribution in [1.29, 1.82) is 0 Å². The zero-order valence-electron chi connectivity index (χ0n) is 13.2. The number of carbonyl (C=O) groups excluding carboxylic acids is 2. The number of hydrogen-bond acceptors (Lipinski definition) is 6. The molecule has 6 nitrogen and oxygen atoms in total. The number of amides is 2. The van der Waals surface area contributed by atoms with Crippen molar-refractivity contribution in [1.82, 2.24) is 10.2 Å². The highest BCUT2D eigenvalue weighted by atomic mass is 35.5. The molecule has 1 aromatic rings. The molecule has 1 aromatic carbocycles. The molecule has 26 heavy (non-hydrogen) atoms. The first-order valence-electron chi connectivity index (χ1n) is 7.45. The van der Waals surface area contributed by atoms with E-state index < -0.39 is 21.8 Å². The minimum Gasteiger partial charge on any atom is -0.347 e. The molecule has 0 radical (unpaired) electrons. The fourth-order valence-electron chi connectivity index (χ4n) is 2.45. The molecule has 1 atom stereocenters. The first-order valence-corrected chi connectivity index (χ1v) is 10.8. The molecule has 136 valence electrons. The summed E-state index contributed by atoms with van der Waals surface area (Å²) in [5.41, 5.74) is 0.753. The van der Waals surface area contributed by atoms with E-state index in [4.69, 9.17) is 23.8 Å². The van der Waals surface area contributed by atoms with Crippen LogP contribution in [0.2, 0.25) is 5.02 Å². The molecule has 2 aliphatic rings. The predicted octanol–water partition coefficient (Wildman–Crippen LogP) is 1.97. The Morgan fingerprint density at radius 3 is 2.88 bits per heavy atom. The summed E-state index contributed by atoms with van der Waals surface area (Å²) in [5.74, 6) is -1.02. The molecule has 10 heteroatoms. The number of benzene rings is 1. The Morgan fingerprint density at radius 2 is 2.23 bits per heavy atom. The van der Waals surface area contributed by atoms with Gasteiger partial charge in [0.1, 0.15) is 10.9 Å². The van der Waals surface area contributed by atoms with Crippen LogP contribution in [0.1, 0.15) is 5.56 Å². The van der Waals surface area contributed by atoms with Gasteiger partial charge >= 0.3 is 0 Å². The van der Waals surface area contributed by atoms with Gasteiger partial charge in [-0.15, -0.1) is 0 Å². The molecule has 0 spiro atoms.